The number of anilines is 3. The minimum absolute atomic E-state index is 0.946. The lowest BCUT2D eigenvalue weighted by molar-refractivity contribution is 0.670. The number of hydrogen-bond acceptors (Lipinski definition) is 2. The third-order valence-corrected chi connectivity index (χ3v) is 13.2. The summed E-state index contributed by atoms with van der Waals surface area (Å²) < 4.78 is 6.63. The average molecular weight is 594 g/mol. The maximum absolute atomic E-state index is 6.63. The van der Waals surface area contributed by atoms with Gasteiger partial charge in [-0.1, -0.05) is 122 Å². The van der Waals surface area contributed by atoms with Gasteiger partial charge in [0, 0.05) is 33.4 Å². The molecule has 0 saturated carbocycles. The first-order chi connectivity index (χ1) is 22.1. The predicted octanol–water partition coefficient (Wildman–Crippen LogP) is 10.7. The number of hydrogen-bond donors (Lipinski definition) is 0. The molecule has 0 atom stereocenters. The van der Waals surface area contributed by atoms with Gasteiger partial charge in [0.25, 0.3) is 0 Å². The second-order valence-corrected chi connectivity index (χ2v) is 16.9. The van der Waals surface area contributed by atoms with Crippen molar-refractivity contribution < 1.29 is 4.42 Å². The molecule has 8 aromatic rings. The molecule has 45 heavy (non-hydrogen) atoms. The molecule has 0 unspecified atom stereocenters. The van der Waals surface area contributed by atoms with Crippen LogP contribution in [-0.2, 0) is 0 Å². The molecule has 0 aliphatic carbocycles. The van der Waals surface area contributed by atoms with Crippen molar-refractivity contribution in [2.24, 2.45) is 0 Å². The lowest BCUT2D eigenvalue weighted by Gasteiger charge is -2.27. The first-order valence-electron chi connectivity index (χ1n) is 15.6. The van der Waals surface area contributed by atoms with Crippen LogP contribution in [0.3, 0.4) is 0 Å². The molecule has 2 nitrogen and oxygen atoms in total. The molecule has 0 radical (unpaired) electrons. The molecule has 1 aromatic heterocycles. The standard InChI is InChI=1S/C42H31NOSi/c1-45(2)39-24-22-34(27-37(39)41-40(45)25-23-36-35-14-8-9-15-38(35)44-42(36)41)43(33-21-18-29-12-6-7-13-31(29)26-33)32-19-16-30(17-20-32)28-10-4-3-5-11-28/h3-27H,1-2H3. The van der Waals surface area contributed by atoms with Crippen LogP contribution in [0.15, 0.2) is 156 Å². The molecule has 0 fully saturated rings. The van der Waals surface area contributed by atoms with Gasteiger partial charge < -0.3 is 9.32 Å². The Balaban J connectivity index is 1.26. The highest BCUT2D eigenvalue weighted by Crippen LogP contribution is 2.43. The molecule has 0 bridgehead atoms. The van der Waals surface area contributed by atoms with E-state index in [9.17, 15) is 0 Å². The second-order valence-electron chi connectivity index (χ2n) is 12.6. The minimum atomic E-state index is -1.92. The topological polar surface area (TPSA) is 16.4 Å². The van der Waals surface area contributed by atoms with Crippen molar-refractivity contribution in [3.63, 3.8) is 0 Å². The van der Waals surface area contributed by atoms with Crippen LogP contribution in [0.1, 0.15) is 0 Å². The molecule has 1 aliphatic rings. The minimum Gasteiger partial charge on any atom is -0.455 e. The van der Waals surface area contributed by atoms with Crippen molar-refractivity contribution in [2.75, 3.05) is 4.90 Å². The predicted molar refractivity (Wildman–Crippen MR) is 194 cm³/mol. The fourth-order valence-electron chi connectivity index (χ4n) is 7.34. The Bertz CT molecular complexity index is 2400. The van der Waals surface area contributed by atoms with Crippen LogP contribution >= 0.6 is 0 Å². The van der Waals surface area contributed by atoms with Crippen LogP contribution in [0.5, 0.6) is 0 Å². The van der Waals surface area contributed by atoms with Crippen molar-refractivity contribution in [1.82, 2.24) is 0 Å². The maximum atomic E-state index is 6.63. The summed E-state index contributed by atoms with van der Waals surface area (Å²) in [5, 5.41) is 7.75. The van der Waals surface area contributed by atoms with E-state index in [1.165, 1.54) is 54.2 Å². The van der Waals surface area contributed by atoms with Gasteiger partial charge in [0.05, 0.1) is 0 Å². The van der Waals surface area contributed by atoms with E-state index in [0.717, 1.165) is 28.2 Å². The Hall–Kier alpha value is -5.38. The van der Waals surface area contributed by atoms with Gasteiger partial charge in [0.1, 0.15) is 19.2 Å². The Labute approximate surface area is 263 Å². The van der Waals surface area contributed by atoms with Gasteiger partial charge in [0.15, 0.2) is 0 Å². The molecular formula is C42H31NOSi. The molecular weight excluding hydrogens is 563 g/mol. The Morgan fingerprint density at radius 3 is 1.98 bits per heavy atom. The molecule has 214 valence electrons. The number of fused-ring (bicyclic) bond motifs is 8. The van der Waals surface area contributed by atoms with E-state index in [1.807, 2.05) is 0 Å². The van der Waals surface area contributed by atoms with Crippen molar-refractivity contribution in [3.8, 4) is 22.3 Å². The summed E-state index contributed by atoms with van der Waals surface area (Å²) in [5.41, 5.74) is 10.4. The molecule has 0 saturated heterocycles. The zero-order chi connectivity index (χ0) is 30.1. The van der Waals surface area contributed by atoms with E-state index in [2.05, 4.69) is 170 Å². The Kier molecular flexibility index (Phi) is 5.68. The lowest BCUT2D eigenvalue weighted by atomic mass is 10.0. The highest BCUT2D eigenvalue weighted by Gasteiger charge is 2.40. The highest BCUT2D eigenvalue weighted by atomic mass is 28.3. The van der Waals surface area contributed by atoms with Crippen LogP contribution in [0.25, 0.3) is 55.0 Å². The van der Waals surface area contributed by atoms with E-state index in [0.29, 0.717) is 0 Å². The Morgan fingerprint density at radius 1 is 0.489 bits per heavy atom. The van der Waals surface area contributed by atoms with Gasteiger partial charge in [-0.05, 0) is 80.3 Å². The van der Waals surface area contributed by atoms with Gasteiger partial charge >= 0.3 is 0 Å². The normalized spacial score (nSPS) is 13.3. The van der Waals surface area contributed by atoms with E-state index in [1.54, 1.807) is 0 Å². The molecule has 3 heteroatoms. The van der Waals surface area contributed by atoms with Crippen LogP contribution in [-0.4, -0.2) is 8.07 Å². The van der Waals surface area contributed by atoms with Crippen molar-refractivity contribution in [1.29, 1.82) is 0 Å². The molecule has 1 aliphatic heterocycles. The number of furan rings is 1. The van der Waals surface area contributed by atoms with Crippen molar-refractivity contribution in [2.45, 2.75) is 13.1 Å². The number of rotatable bonds is 4. The van der Waals surface area contributed by atoms with Crippen LogP contribution in [0, 0.1) is 0 Å². The van der Waals surface area contributed by atoms with Gasteiger partial charge in [-0.25, -0.2) is 0 Å². The summed E-state index contributed by atoms with van der Waals surface area (Å²) in [6.07, 6.45) is 0. The SMILES string of the molecule is C[Si]1(C)c2ccc(N(c3ccc(-c4ccccc4)cc3)c3ccc4ccccc4c3)cc2-c2c1ccc1c2oc2ccccc21. The van der Waals surface area contributed by atoms with Gasteiger partial charge in [0.2, 0.25) is 0 Å². The van der Waals surface area contributed by atoms with Crippen LogP contribution in [0.4, 0.5) is 17.1 Å². The molecule has 0 amide bonds. The average Bonchev–Trinajstić information content (AvgIpc) is 3.57. The second kappa shape index (κ2) is 9.81. The highest BCUT2D eigenvalue weighted by molar-refractivity contribution is 7.04. The zero-order valence-corrected chi connectivity index (χ0v) is 26.3. The van der Waals surface area contributed by atoms with E-state index < -0.39 is 8.07 Å². The summed E-state index contributed by atoms with van der Waals surface area (Å²) in [5.74, 6) is 0. The molecule has 9 rings (SSSR count). The fraction of sp³-hybridized carbons (Fsp3) is 0.0476. The third-order valence-electron chi connectivity index (χ3n) is 9.65. The smallest absolute Gasteiger partial charge is 0.143 e. The largest absolute Gasteiger partial charge is 0.455 e. The summed E-state index contributed by atoms with van der Waals surface area (Å²) >= 11 is 0. The summed E-state index contributed by atoms with van der Waals surface area (Å²) in [6, 6.07) is 55.1. The van der Waals surface area contributed by atoms with Crippen molar-refractivity contribution in [3.05, 3.63) is 152 Å². The summed E-state index contributed by atoms with van der Waals surface area (Å²) in [6.45, 7) is 4.93. The first-order valence-corrected chi connectivity index (χ1v) is 18.6. The van der Waals surface area contributed by atoms with Gasteiger partial charge in [-0.3, -0.25) is 0 Å². The lowest BCUT2D eigenvalue weighted by Crippen LogP contribution is -2.49. The number of nitrogens with zero attached hydrogens (tertiary/aromatic N) is 1. The first kappa shape index (κ1) is 26.1. The van der Waals surface area contributed by atoms with Crippen molar-refractivity contribution >= 4 is 68.2 Å². The summed E-state index contributed by atoms with van der Waals surface area (Å²) in [4.78, 5) is 2.40. The van der Waals surface area contributed by atoms with E-state index in [4.69, 9.17) is 4.42 Å². The summed E-state index contributed by atoms with van der Waals surface area (Å²) in [7, 11) is -1.92. The molecule has 0 spiro atoms. The molecule has 7 aromatic carbocycles. The van der Waals surface area contributed by atoms with Gasteiger partial charge in [-0.15, -0.1) is 0 Å². The molecule has 2 heterocycles. The number of benzene rings is 7. The number of para-hydroxylation sites is 1. The third kappa shape index (κ3) is 4.01. The fourth-order valence-corrected chi connectivity index (χ4v) is 10.4. The Morgan fingerprint density at radius 2 is 1.13 bits per heavy atom. The van der Waals surface area contributed by atoms with E-state index in [-0.39, 0.29) is 0 Å². The van der Waals surface area contributed by atoms with Crippen LogP contribution in [0.2, 0.25) is 13.1 Å². The zero-order valence-electron chi connectivity index (χ0n) is 25.3. The van der Waals surface area contributed by atoms with E-state index >= 15 is 0 Å². The molecule has 0 N–H and O–H groups in total. The monoisotopic (exact) mass is 593 g/mol. The maximum Gasteiger partial charge on any atom is 0.143 e. The van der Waals surface area contributed by atoms with Crippen LogP contribution < -0.4 is 15.3 Å². The van der Waals surface area contributed by atoms with Gasteiger partial charge in [-0.2, -0.15) is 0 Å². The quantitative estimate of drug-likeness (QED) is 0.189.